The molecule has 7 nitrogen and oxygen atoms in total. The number of nitrogens with one attached hydrogen (secondary N) is 1. The number of aromatic nitrogens is 2. The van der Waals surface area contributed by atoms with Gasteiger partial charge in [0.2, 0.25) is 10.0 Å². The molecule has 2 atom stereocenters. The van der Waals surface area contributed by atoms with Crippen LogP contribution in [0.1, 0.15) is 44.1 Å². The van der Waals surface area contributed by atoms with E-state index in [0.29, 0.717) is 18.7 Å². The minimum atomic E-state index is -3.24. The van der Waals surface area contributed by atoms with Crippen LogP contribution in [-0.4, -0.2) is 53.8 Å². The van der Waals surface area contributed by atoms with Crippen LogP contribution in [0.4, 0.5) is 0 Å². The standard InChI is InChI=1S/C15H26N4O3S/c1-10(2)13-8-18(23(5,21)22)9-14(13)17-15(20)12-6-16-19(7-12)11(3)4/h6-7,10-11,13-14H,8-9H2,1-5H3,(H,17,20). The maximum Gasteiger partial charge on any atom is 0.254 e. The summed E-state index contributed by atoms with van der Waals surface area (Å²) < 4.78 is 26.7. The molecule has 8 heteroatoms. The van der Waals surface area contributed by atoms with Crippen LogP contribution in [0.25, 0.3) is 0 Å². The molecule has 0 saturated carbocycles. The Kier molecular flexibility index (Phi) is 5.15. The van der Waals surface area contributed by atoms with Gasteiger partial charge in [0.1, 0.15) is 0 Å². The van der Waals surface area contributed by atoms with E-state index in [4.69, 9.17) is 0 Å². The lowest BCUT2D eigenvalue weighted by atomic mass is 9.91. The van der Waals surface area contributed by atoms with Crippen molar-refractivity contribution in [2.75, 3.05) is 19.3 Å². The second-order valence-corrected chi connectivity index (χ2v) is 8.85. The highest BCUT2D eigenvalue weighted by Crippen LogP contribution is 2.26. The van der Waals surface area contributed by atoms with Crippen molar-refractivity contribution in [3.05, 3.63) is 18.0 Å². The Morgan fingerprint density at radius 1 is 1.30 bits per heavy atom. The Labute approximate surface area is 138 Å². The Hall–Kier alpha value is -1.41. The van der Waals surface area contributed by atoms with Gasteiger partial charge >= 0.3 is 0 Å². The van der Waals surface area contributed by atoms with Crippen molar-refractivity contribution < 1.29 is 13.2 Å². The van der Waals surface area contributed by atoms with Gasteiger partial charge < -0.3 is 5.32 Å². The fraction of sp³-hybridized carbons (Fsp3) is 0.733. The minimum absolute atomic E-state index is 0.105. The zero-order chi connectivity index (χ0) is 17.4. The summed E-state index contributed by atoms with van der Waals surface area (Å²) in [6.45, 7) is 8.85. The molecule has 1 aromatic heterocycles. The monoisotopic (exact) mass is 342 g/mol. The number of hydrogen-bond donors (Lipinski definition) is 1. The van der Waals surface area contributed by atoms with Crippen LogP contribution in [0.3, 0.4) is 0 Å². The van der Waals surface area contributed by atoms with Gasteiger partial charge in [-0.05, 0) is 25.7 Å². The van der Waals surface area contributed by atoms with E-state index in [9.17, 15) is 13.2 Å². The molecule has 1 N–H and O–H groups in total. The lowest BCUT2D eigenvalue weighted by Crippen LogP contribution is -2.42. The molecule has 130 valence electrons. The number of amides is 1. The molecule has 2 rings (SSSR count). The topological polar surface area (TPSA) is 84.3 Å². The van der Waals surface area contributed by atoms with Crippen LogP contribution in [0.15, 0.2) is 12.4 Å². The molecule has 23 heavy (non-hydrogen) atoms. The van der Waals surface area contributed by atoms with E-state index in [1.807, 2.05) is 27.7 Å². The maximum atomic E-state index is 12.4. The molecule has 2 unspecified atom stereocenters. The molecular weight excluding hydrogens is 316 g/mol. The second-order valence-electron chi connectivity index (χ2n) is 6.87. The fourth-order valence-electron chi connectivity index (χ4n) is 2.88. The molecule has 1 aliphatic rings. The van der Waals surface area contributed by atoms with E-state index >= 15 is 0 Å². The molecule has 2 heterocycles. The predicted molar refractivity (Wildman–Crippen MR) is 88.6 cm³/mol. The molecule has 1 fully saturated rings. The average Bonchev–Trinajstić information content (AvgIpc) is 3.04. The first-order valence-corrected chi connectivity index (χ1v) is 9.74. The van der Waals surface area contributed by atoms with Gasteiger partial charge in [-0.25, -0.2) is 8.42 Å². The summed E-state index contributed by atoms with van der Waals surface area (Å²) in [7, 11) is -3.24. The molecule has 0 bridgehead atoms. The zero-order valence-electron chi connectivity index (χ0n) is 14.4. The lowest BCUT2D eigenvalue weighted by molar-refractivity contribution is 0.0925. The van der Waals surface area contributed by atoms with Crippen molar-refractivity contribution in [1.29, 1.82) is 0 Å². The van der Waals surface area contributed by atoms with E-state index in [0.717, 1.165) is 0 Å². The van der Waals surface area contributed by atoms with Crippen molar-refractivity contribution in [3.63, 3.8) is 0 Å². The summed E-state index contributed by atoms with van der Waals surface area (Å²) in [5.74, 6) is 0.183. The van der Waals surface area contributed by atoms with Gasteiger partial charge in [-0.3, -0.25) is 9.48 Å². The zero-order valence-corrected chi connectivity index (χ0v) is 15.2. The predicted octanol–water partition coefficient (Wildman–Crippen LogP) is 1.11. The van der Waals surface area contributed by atoms with E-state index in [-0.39, 0.29) is 29.8 Å². The van der Waals surface area contributed by atoms with Gasteiger partial charge in [-0.15, -0.1) is 0 Å². The lowest BCUT2D eigenvalue weighted by Gasteiger charge is -2.22. The number of sulfonamides is 1. The second kappa shape index (κ2) is 6.60. The van der Waals surface area contributed by atoms with Gasteiger partial charge in [0.15, 0.2) is 0 Å². The molecular formula is C15H26N4O3S. The number of rotatable bonds is 5. The molecule has 1 saturated heterocycles. The Balaban J connectivity index is 2.11. The average molecular weight is 342 g/mol. The van der Waals surface area contributed by atoms with Crippen molar-refractivity contribution >= 4 is 15.9 Å². The van der Waals surface area contributed by atoms with Gasteiger partial charge in [0, 0.05) is 31.4 Å². The summed E-state index contributed by atoms with van der Waals surface area (Å²) in [4.78, 5) is 12.4. The van der Waals surface area contributed by atoms with Crippen molar-refractivity contribution in [2.45, 2.75) is 39.8 Å². The largest absolute Gasteiger partial charge is 0.348 e. The van der Waals surface area contributed by atoms with E-state index in [1.165, 1.54) is 10.6 Å². The number of hydrogen-bond acceptors (Lipinski definition) is 4. The van der Waals surface area contributed by atoms with Crippen molar-refractivity contribution in [3.8, 4) is 0 Å². The van der Waals surface area contributed by atoms with Gasteiger partial charge in [-0.2, -0.15) is 9.40 Å². The highest BCUT2D eigenvalue weighted by Gasteiger charge is 2.39. The molecule has 1 amide bonds. The van der Waals surface area contributed by atoms with Gasteiger partial charge in [0.05, 0.1) is 18.0 Å². The van der Waals surface area contributed by atoms with Gasteiger partial charge in [-0.1, -0.05) is 13.8 Å². The highest BCUT2D eigenvalue weighted by molar-refractivity contribution is 7.88. The van der Waals surface area contributed by atoms with Crippen molar-refractivity contribution in [1.82, 2.24) is 19.4 Å². The number of carbonyl (C=O) groups is 1. The molecule has 0 aromatic carbocycles. The summed E-state index contributed by atoms with van der Waals surface area (Å²) >= 11 is 0. The molecule has 0 spiro atoms. The first-order valence-electron chi connectivity index (χ1n) is 7.89. The summed E-state index contributed by atoms with van der Waals surface area (Å²) in [5, 5.41) is 7.15. The summed E-state index contributed by atoms with van der Waals surface area (Å²) in [6, 6.07) is 0.00629. The fourth-order valence-corrected chi connectivity index (χ4v) is 3.75. The van der Waals surface area contributed by atoms with Crippen LogP contribution >= 0.6 is 0 Å². The minimum Gasteiger partial charge on any atom is -0.348 e. The molecule has 0 aliphatic carbocycles. The summed E-state index contributed by atoms with van der Waals surface area (Å²) in [5.41, 5.74) is 0.499. The van der Waals surface area contributed by atoms with Crippen LogP contribution in [0, 0.1) is 11.8 Å². The Morgan fingerprint density at radius 2 is 1.96 bits per heavy atom. The summed E-state index contributed by atoms with van der Waals surface area (Å²) in [6.07, 6.45) is 4.47. The number of carbonyl (C=O) groups excluding carboxylic acids is 1. The van der Waals surface area contributed by atoms with Gasteiger partial charge in [0.25, 0.3) is 5.91 Å². The first-order chi connectivity index (χ1) is 10.6. The van der Waals surface area contributed by atoms with E-state index in [1.54, 1.807) is 17.1 Å². The Morgan fingerprint density at radius 3 is 2.43 bits per heavy atom. The number of nitrogens with zero attached hydrogens (tertiary/aromatic N) is 3. The van der Waals surface area contributed by atoms with E-state index in [2.05, 4.69) is 10.4 Å². The Bertz CT molecular complexity index is 666. The highest BCUT2D eigenvalue weighted by atomic mass is 32.2. The quantitative estimate of drug-likeness (QED) is 0.869. The van der Waals surface area contributed by atoms with E-state index < -0.39 is 10.0 Å². The smallest absolute Gasteiger partial charge is 0.254 e. The maximum absolute atomic E-state index is 12.4. The molecule has 1 aromatic rings. The van der Waals surface area contributed by atoms with Crippen LogP contribution < -0.4 is 5.32 Å². The first kappa shape index (κ1) is 17.9. The molecule has 1 aliphatic heterocycles. The SMILES string of the molecule is CC(C)C1CN(S(C)(=O)=O)CC1NC(=O)c1cnn(C(C)C)c1. The third-order valence-electron chi connectivity index (χ3n) is 4.37. The van der Waals surface area contributed by atoms with Crippen LogP contribution in [0.5, 0.6) is 0 Å². The van der Waals surface area contributed by atoms with Crippen LogP contribution in [-0.2, 0) is 10.0 Å². The third-order valence-corrected chi connectivity index (χ3v) is 5.60. The van der Waals surface area contributed by atoms with Crippen LogP contribution in [0.2, 0.25) is 0 Å². The third kappa shape index (κ3) is 4.11. The van der Waals surface area contributed by atoms with Crippen molar-refractivity contribution in [2.24, 2.45) is 11.8 Å². The molecule has 0 radical (unpaired) electrons. The normalized spacial score (nSPS) is 22.9.